The highest BCUT2D eigenvalue weighted by atomic mass is 32.2. The molecule has 0 saturated carbocycles. The summed E-state index contributed by atoms with van der Waals surface area (Å²) in [7, 11) is -3.87. The molecule has 1 heterocycles. The van der Waals surface area contributed by atoms with E-state index in [1.165, 1.54) is 0 Å². The Hall–Kier alpha value is -1.45. The second kappa shape index (κ2) is 7.21. The van der Waals surface area contributed by atoms with Crippen molar-refractivity contribution in [1.82, 2.24) is 9.80 Å². The Balaban J connectivity index is 1.77. The highest BCUT2D eigenvalue weighted by molar-refractivity contribution is 7.85. The van der Waals surface area contributed by atoms with Gasteiger partial charge in [0.25, 0.3) is 10.1 Å². The number of piperazine rings is 1. The summed E-state index contributed by atoms with van der Waals surface area (Å²) in [4.78, 5) is 14.7. The van der Waals surface area contributed by atoms with Crippen LogP contribution in [0.3, 0.4) is 0 Å². The Labute approximate surface area is 130 Å². The van der Waals surface area contributed by atoms with Gasteiger partial charge in [-0.25, -0.2) is 0 Å². The van der Waals surface area contributed by atoms with Crippen molar-refractivity contribution in [3.63, 3.8) is 0 Å². The van der Waals surface area contributed by atoms with Gasteiger partial charge in [-0.1, -0.05) is 0 Å². The second-order valence-electron chi connectivity index (χ2n) is 5.54. The lowest BCUT2D eigenvalue weighted by Crippen LogP contribution is -2.46. The van der Waals surface area contributed by atoms with Gasteiger partial charge in [0.05, 0.1) is 10.7 Å². The third kappa shape index (κ3) is 5.08. The fourth-order valence-electron chi connectivity index (χ4n) is 2.76. The third-order valence-electron chi connectivity index (χ3n) is 4.00. The van der Waals surface area contributed by atoms with Gasteiger partial charge in [-0.15, -0.1) is 0 Å². The molecule has 0 aromatic carbocycles. The number of hydrogen-bond donors (Lipinski definition) is 1. The Morgan fingerprint density at radius 2 is 1.86 bits per heavy atom. The molecular formula is C13H21N3O5S. The van der Waals surface area contributed by atoms with Gasteiger partial charge in [-0.2, -0.15) is 8.42 Å². The van der Waals surface area contributed by atoms with Gasteiger partial charge in [-0.05, 0) is 25.5 Å². The van der Waals surface area contributed by atoms with Crippen molar-refractivity contribution < 1.29 is 17.9 Å². The Kier molecular flexibility index (Phi) is 5.54. The maximum absolute atomic E-state index is 10.7. The molecule has 0 radical (unpaired) electrons. The molecule has 8 nitrogen and oxygen atoms in total. The first-order valence-corrected chi connectivity index (χ1v) is 8.93. The van der Waals surface area contributed by atoms with Crippen molar-refractivity contribution >= 4 is 10.1 Å². The Morgan fingerprint density at radius 1 is 1.18 bits per heavy atom. The van der Waals surface area contributed by atoms with Crippen molar-refractivity contribution in [2.24, 2.45) is 0 Å². The van der Waals surface area contributed by atoms with Gasteiger partial charge in [-0.3, -0.25) is 19.6 Å². The van der Waals surface area contributed by atoms with E-state index in [1.54, 1.807) is 6.08 Å². The third-order valence-corrected chi connectivity index (χ3v) is 4.80. The molecule has 9 heteroatoms. The van der Waals surface area contributed by atoms with Crippen LogP contribution in [-0.2, 0) is 10.1 Å². The zero-order valence-corrected chi connectivity index (χ0v) is 13.2. The molecule has 2 aliphatic rings. The highest BCUT2D eigenvalue weighted by Crippen LogP contribution is 2.22. The summed E-state index contributed by atoms with van der Waals surface area (Å²) in [5.41, 5.74) is 1.38. The van der Waals surface area contributed by atoms with Gasteiger partial charge < -0.3 is 4.90 Å². The number of hydrogen-bond acceptors (Lipinski definition) is 6. The van der Waals surface area contributed by atoms with Crippen LogP contribution in [0.15, 0.2) is 23.5 Å². The highest BCUT2D eigenvalue weighted by Gasteiger charge is 2.22. The van der Waals surface area contributed by atoms with Crippen molar-refractivity contribution in [3.8, 4) is 0 Å². The van der Waals surface area contributed by atoms with E-state index in [0.29, 0.717) is 25.8 Å². The lowest BCUT2D eigenvalue weighted by Gasteiger charge is -2.37. The summed E-state index contributed by atoms with van der Waals surface area (Å²) in [6.07, 6.45) is 4.99. The van der Waals surface area contributed by atoms with Gasteiger partial charge >= 0.3 is 0 Å². The SMILES string of the molecule is O=[N+]([O-])C1=CC=C(N2CCN(CCCS(=O)(=O)O)CC2)CC1. The van der Waals surface area contributed by atoms with E-state index < -0.39 is 10.1 Å². The average molecular weight is 331 g/mol. The molecular weight excluding hydrogens is 310 g/mol. The first kappa shape index (κ1) is 16.9. The van der Waals surface area contributed by atoms with E-state index in [0.717, 1.165) is 31.9 Å². The van der Waals surface area contributed by atoms with Crippen LogP contribution in [0.2, 0.25) is 0 Å². The lowest BCUT2D eigenvalue weighted by atomic mass is 10.1. The molecule has 0 aromatic heterocycles. The van der Waals surface area contributed by atoms with Crippen molar-refractivity contribution in [1.29, 1.82) is 0 Å². The molecule has 1 aliphatic carbocycles. The first-order valence-electron chi connectivity index (χ1n) is 7.32. The van der Waals surface area contributed by atoms with E-state index >= 15 is 0 Å². The van der Waals surface area contributed by atoms with Crippen LogP contribution in [0.25, 0.3) is 0 Å². The number of allylic oxidation sites excluding steroid dienone is 4. The topological polar surface area (TPSA) is 104 Å². The molecule has 0 spiro atoms. The van der Waals surface area contributed by atoms with E-state index in [2.05, 4.69) is 9.80 Å². The van der Waals surface area contributed by atoms with Gasteiger partial charge in [0.1, 0.15) is 0 Å². The fourth-order valence-corrected chi connectivity index (χ4v) is 3.25. The summed E-state index contributed by atoms with van der Waals surface area (Å²) in [6, 6.07) is 0. The summed E-state index contributed by atoms with van der Waals surface area (Å²) in [6.45, 7) is 3.97. The van der Waals surface area contributed by atoms with E-state index in [9.17, 15) is 18.5 Å². The summed E-state index contributed by atoms with van der Waals surface area (Å²) < 4.78 is 30.1. The minimum atomic E-state index is -3.87. The largest absolute Gasteiger partial charge is 0.372 e. The van der Waals surface area contributed by atoms with E-state index in [4.69, 9.17) is 4.55 Å². The van der Waals surface area contributed by atoms with Gasteiger partial charge in [0, 0.05) is 44.4 Å². The van der Waals surface area contributed by atoms with Gasteiger partial charge in [0.2, 0.25) is 5.70 Å². The molecule has 0 amide bonds. The normalized spacial score (nSPS) is 20.5. The molecule has 1 aliphatic heterocycles. The number of rotatable bonds is 6. The summed E-state index contributed by atoms with van der Waals surface area (Å²) in [5, 5.41) is 10.7. The standard InChI is InChI=1S/C13H21N3O5S/c17-16(18)13-4-2-12(3-5-13)15-9-7-14(8-10-15)6-1-11-22(19,20)21/h2,4H,1,3,5-11H2,(H,19,20,21). The maximum Gasteiger partial charge on any atom is 0.264 e. The molecule has 124 valence electrons. The number of nitro groups is 1. The van der Waals surface area contributed by atoms with E-state index in [-0.39, 0.29) is 16.4 Å². The quantitative estimate of drug-likeness (QED) is 0.434. The van der Waals surface area contributed by atoms with Crippen LogP contribution in [0.4, 0.5) is 0 Å². The molecule has 0 bridgehead atoms. The summed E-state index contributed by atoms with van der Waals surface area (Å²) >= 11 is 0. The molecule has 2 rings (SSSR count). The van der Waals surface area contributed by atoms with Crippen molar-refractivity contribution in [2.45, 2.75) is 19.3 Å². The van der Waals surface area contributed by atoms with Crippen molar-refractivity contribution in [3.05, 3.63) is 33.7 Å². The van der Waals surface area contributed by atoms with Crippen LogP contribution in [0, 0.1) is 10.1 Å². The van der Waals surface area contributed by atoms with Crippen molar-refractivity contribution in [2.75, 3.05) is 38.5 Å². The smallest absolute Gasteiger partial charge is 0.264 e. The Morgan fingerprint density at radius 3 is 2.36 bits per heavy atom. The molecule has 0 aromatic rings. The molecule has 0 atom stereocenters. The van der Waals surface area contributed by atoms with Gasteiger partial charge in [0.15, 0.2) is 0 Å². The summed E-state index contributed by atoms with van der Waals surface area (Å²) in [5.74, 6) is -0.202. The fraction of sp³-hybridized carbons (Fsp3) is 0.692. The zero-order chi connectivity index (χ0) is 16.2. The molecule has 1 saturated heterocycles. The second-order valence-corrected chi connectivity index (χ2v) is 7.11. The van der Waals surface area contributed by atoms with Crippen LogP contribution < -0.4 is 0 Å². The maximum atomic E-state index is 10.7. The van der Waals surface area contributed by atoms with E-state index in [1.807, 2.05) is 6.08 Å². The molecule has 1 N–H and O–H groups in total. The number of nitrogens with zero attached hydrogens (tertiary/aromatic N) is 3. The minimum absolute atomic E-state index is 0.202. The Bertz CT molecular complexity index is 576. The monoisotopic (exact) mass is 331 g/mol. The lowest BCUT2D eigenvalue weighted by molar-refractivity contribution is -0.428. The minimum Gasteiger partial charge on any atom is -0.372 e. The first-order chi connectivity index (χ1) is 10.3. The predicted molar refractivity (Wildman–Crippen MR) is 81.4 cm³/mol. The van der Waals surface area contributed by atoms with Crippen LogP contribution in [0.1, 0.15) is 19.3 Å². The predicted octanol–water partition coefficient (Wildman–Crippen LogP) is 0.720. The zero-order valence-electron chi connectivity index (χ0n) is 12.3. The molecule has 1 fully saturated rings. The van der Waals surface area contributed by atoms with Crippen LogP contribution >= 0.6 is 0 Å². The van der Waals surface area contributed by atoms with Crippen LogP contribution in [-0.4, -0.2) is 66.2 Å². The molecule has 22 heavy (non-hydrogen) atoms. The molecule has 0 unspecified atom stereocenters. The average Bonchev–Trinajstić information content (AvgIpc) is 2.47. The van der Waals surface area contributed by atoms with Crippen LogP contribution in [0.5, 0.6) is 0 Å².